The number of benzene rings is 3. The first-order valence-electron chi connectivity index (χ1n) is 10.5. The van der Waals surface area contributed by atoms with E-state index in [1.807, 2.05) is 6.07 Å². The molecular formula is C26H21ClN2O5S. The number of hydrogen-bond acceptors (Lipinski definition) is 6. The molecule has 0 atom stereocenters. The molecule has 1 N–H and O–H groups in total. The van der Waals surface area contributed by atoms with Gasteiger partial charge in [0.1, 0.15) is 6.61 Å². The Hall–Kier alpha value is -3.75. The minimum atomic E-state index is -0.975. The van der Waals surface area contributed by atoms with E-state index in [4.69, 9.17) is 26.2 Å². The normalized spacial score (nSPS) is 15.6. The summed E-state index contributed by atoms with van der Waals surface area (Å²) < 4.78 is 11.3. The van der Waals surface area contributed by atoms with Crippen LogP contribution in [0.4, 0.5) is 5.69 Å². The van der Waals surface area contributed by atoms with Gasteiger partial charge in [0.2, 0.25) is 0 Å². The number of ether oxygens (including phenoxy) is 2. The molecule has 35 heavy (non-hydrogen) atoms. The standard InChI is InChI=1S/C26H21ClN2O5S/c1-29-24(30)23(35-26(29)28-20-10-8-19(27)9-11-20)14-17-5-12-21(22(13-17)33-2)34-15-16-3-6-18(7-4-16)25(31)32/h3-14H,15H2,1-2H3,(H,31,32)/b23-14-,28-26?. The van der Waals surface area contributed by atoms with Gasteiger partial charge in [-0.05, 0) is 77.5 Å². The summed E-state index contributed by atoms with van der Waals surface area (Å²) in [4.78, 5) is 30.3. The molecule has 1 aliphatic rings. The predicted octanol–water partition coefficient (Wildman–Crippen LogP) is 5.86. The summed E-state index contributed by atoms with van der Waals surface area (Å²) in [5, 5.41) is 10.2. The molecule has 0 bridgehead atoms. The molecule has 0 aliphatic carbocycles. The zero-order valence-corrected chi connectivity index (χ0v) is 20.5. The minimum Gasteiger partial charge on any atom is -0.493 e. The number of amides is 1. The fraction of sp³-hybridized carbons (Fsp3) is 0.115. The SMILES string of the molecule is COc1cc(/C=C2\SC(=Nc3ccc(Cl)cc3)N(C)C2=O)ccc1OCc1ccc(C(=O)O)cc1. The number of carboxylic acids is 1. The van der Waals surface area contributed by atoms with E-state index < -0.39 is 5.97 Å². The first-order chi connectivity index (χ1) is 16.8. The summed E-state index contributed by atoms with van der Waals surface area (Å²) in [6, 6.07) is 19.0. The number of aliphatic imine (C=N–C) groups is 1. The van der Waals surface area contributed by atoms with Crippen LogP contribution in [-0.2, 0) is 11.4 Å². The van der Waals surface area contributed by atoms with Gasteiger partial charge in [0.15, 0.2) is 16.7 Å². The molecule has 1 aliphatic heterocycles. The lowest BCUT2D eigenvalue weighted by Gasteiger charge is -2.12. The van der Waals surface area contributed by atoms with Crippen LogP contribution in [0.3, 0.4) is 0 Å². The van der Waals surface area contributed by atoms with E-state index in [0.717, 1.165) is 11.1 Å². The smallest absolute Gasteiger partial charge is 0.335 e. The van der Waals surface area contributed by atoms with Gasteiger partial charge < -0.3 is 14.6 Å². The number of methoxy groups -OCH3 is 1. The highest BCUT2D eigenvalue weighted by molar-refractivity contribution is 8.18. The molecule has 1 saturated heterocycles. The quantitative estimate of drug-likeness (QED) is 0.402. The molecule has 0 aromatic heterocycles. The van der Waals surface area contributed by atoms with Crippen LogP contribution >= 0.6 is 23.4 Å². The fourth-order valence-electron chi connectivity index (χ4n) is 3.23. The highest BCUT2D eigenvalue weighted by Crippen LogP contribution is 2.35. The highest BCUT2D eigenvalue weighted by atomic mass is 35.5. The first-order valence-corrected chi connectivity index (χ1v) is 11.7. The largest absolute Gasteiger partial charge is 0.493 e. The number of likely N-dealkylation sites (N-methyl/N-ethyl adjacent to an activating group) is 1. The molecule has 0 radical (unpaired) electrons. The number of nitrogens with zero attached hydrogens (tertiary/aromatic N) is 2. The van der Waals surface area contributed by atoms with E-state index in [-0.39, 0.29) is 18.1 Å². The molecular weight excluding hydrogens is 488 g/mol. The van der Waals surface area contributed by atoms with Crippen molar-refractivity contribution in [3.05, 3.63) is 93.3 Å². The molecule has 4 rings (SSSR count). The van der Waals surface area contributed by atoms with Crippen molar-refractivity contribution in [1.82, 2.24) is 4.90 Å². The van der Waals surface area contributed by atoms with Crippen molar-refractivity contribution >= 4 is 52.2 Å². The number of halogens is 1. The molecule has 7 nitrogen and oxygen atoms in total. The Balaban J connectivity index is 1.49. The molecule has 9 heteroatoms. The second-order valence-electron chi connectivity index (χ2n) is 7.55. The van der Waals surface area contributed by atoms with Gasteiger partial charge in [-0.25, -0.2) is 9.79 Å². The van der Waals surface area contributed by atoms with Crippen LogP contribution in [-0.4, -0.2) is 41.2 Å². The van der Waals surface area contributed by atoms with Crippen LogP contribution in [0.25, 0.3) is 6.08 Å². The van der Waals surface area contributed by atoms with Crippen molar-refractivity contribution < 1.29 is 24.2 Å². The van der Waals surface area contributed by atoms with Crippen LogP contribution < -0.4 is 9.47 Å². The van der Waals surface area contributed by atoms with Crippen molar-refractivity contribution in [2.75, 3.05) is 14.2 Å². The number of carbonyl (C=O) groups excluding carboxylic acids is 1. The van der Waals surface area contributed by atoms with Gasteiger partial charge in [-0.15, -0.1) is 0 Å². The average Bonchev–Trinajstić information content (AvgIpc) is 3.12. The van der Waals surface area contributed by atoms with Gasteiger partial charge in [-0.2, -0.15) is 0 Å². The van der Waals surface area contributed by atoms with E-state index in [1.165, 1.54) is 28.8 Å². The number of hydrogen-bond donors (Lipinski definition) is 1. The molecule has 178 valence electrons. The molecule has 0 unspecified atom stereocenters. The van der Waals surface area contributed by atoms with Crippen LogP contribution in [0.5, 0.6) is 11.5 Å². The minimum absolute atomic E-state index is 0.146. The van der Waals surface area contributed by atoms with Crippen molar-refractivity contribution in [1.29, 1.82) is 0 Å². The summed E-state index contributed by atoms with van der Waals surface area (Å²) in [5.74, 6) is -0.0750. The second kappa shape index (κ2) is 10.7. The van der Waals surface area contributed by atoms with Gasteiger partial charge in [0.25, 0.3) is 5.91 Å². The van der Waals surface area contributed by atoms with E-state index in [2.05, 4.69) is 4.99 Å². The molecule has 1 fully saturated rings. The predicted molar refractivity (Wildman–Crippen MR) is 138 cm³/mol. The molecule has 3 aromatic rings. The number of carbonyl (C=O) groups is 2. The molecule has 0 spiro atoms. The number of carboxylic acid groups (broad SMARTS) is 1. The molecule has 1 heterocycles. The number of aromatic carboxylic acids is 1. The Morgan fingerprint density at radius 1 is 1.09 bits per heavy atom. The van der Waals surface area contributed by atoms with E-state index >= 15 is 0 Å². The maximum Gasteiger partial charge on any atom is 0.335 e. The summed E-state index contributed by atoms with van der Waals surface area (Å²) in [7, 11) is 3.23. The maximum absolute atomic E-state index is 12.8. The first kappa shape index (κ1) is 24.4. The highest BCUT2D eigenvalue weighted by Gasteiger charge is 2.30. The Morgan fingerprint density at radius 2 is 1.80 bits per heavy atom. The third kappa shape index (κ3) is 5.85. The lowest BCUT2D eigenvalue weighted by Crippen LogP contribution is -2.23. The van der Waals surface area contributed by atoms with E-state index in [1.54, 1.807) is 68.8 Å². The Morgan fingerprint density at radius 3 is 2.46 bits per heavy atom. The van der Waals surface area contributed by atoms with E-state index in [0.29, 0.717) is 32.3 Å². The zero-order valence-electron chi connectivity index (χ0n) is 18.9. The topological polar surface area (TPSA) is 88.4 Å². The van der Waals surface area contributed by atoms with Gasteiger partial charge in [-0.3, -0.25) is 9.69 Å². The van der Waals surface area contributed by atoms with Crippen LogP contribution in [0.1, 0.15) is 21.5 Å². The number of rotatable bonds is 7. The second-order valence-corrected chi connectivity index (χ2v) is 8.99. The third-order valence-electron chi connectivity index (χ3n) is 5.14. The van der Waals surface area contributed by atoms with E-state index in [9.17, 15) is 9.59 Å². The zero-order chi connectivity index (χ0) is 24.9. The molecule has 1 amide bonds. The summed E-state index contributed by atoms with van der Waals surface area (Å²) in [5.41, 5.74) is 2.53. The van der Waals surface area contributed by atoms with Crippen molar-refractivity contribution in [3.63, 3.8) is 0 Å². The monoisotopic (exact) mass is 508 g/mol. The Labute approximate surface area is 211 Å². The van der Waals surface area contributed by atoms with Gasteiger partial charge in [0, 0.05) is 12.1 Å². The third-order valence-corrected chi connectivity index (χ3v) is 6.45. The van der Waals surface area contributed by atoms with Crippen molar-refractivity contribution in [2.45, 2.75) is 6.61 Å². The lowest BCUT2D eigenvalue weighted by molar-refractivity contribution is -0.121. The Kier molecular flexibility index (Phi) is 7.43. The van der Waals surface area contributed by atoms with Crippen molar-refractivity contribution in [3.8, 4) is 11.5 Å². The van der Waals surface area contributed by atoms with Crippen LogP contribution in [0.2, 0.25) is 5.02 Å². The van der Waals surface area contributed by atoms with Gasteiger partial charge in [0.05, 0.1) is 23.3 Å². The van der Waals surface area contributed by atoms with Crippen molar-refractivity contribution in [2.24, 2.45) is 4.99 Å². The lowest BCUT2D eigenvalue weighted by atomic mass is 10.1. The Bertz CT molecular complexity index is 1320. The number of amidine groups is 1. The fourth-order valence-corrected chi connectivity index (χ4v) is 4.34. The van der Waals surface area contributed by atoms with Crippen LogP contribution in [0.15, 0.2) is 76.6 Å². The van der Waals surface area contributed by atoms with Gasteiger partial charge in [-0.1, -0.05) is 29.8 Å². The number of thioether (sulfide) groups is 1. The van der Waals surface area contributed by atoms with Crippen LogP contribution in [0, 0.1) is 0 Å². The van der Waals surface area contributed by atoms with Gasteiger partial charge >= 0.3 is 5.97 Å². The maximum atomic E-state index is 12.8. The molecule has 0 saturated carbocycles. The summed E-state index contributed by atoms with van der Waals surface area (Å²) in [6.07, 6.45) is 1.78. The molecule has 3 aromatic carbocycles. The average molecular weight is 509 g/mol. The summed E-state index contributed by atoms with van der Waals surface area (Å²) >= 11 is 7.22. The summed E-state index contributed by atoms with van der Waals surface area (Å²) in [6.45, 7) is 0.250.